The monoisotopic (exact) mass is 409 g/mol. The van der Waals surface area contributed by atoms with Gasteiger partial charge in [-0.1, -0.05) is 25.1 Å². The summed E-state index contributed by atoms with van der Waals surface area (Å²) < 4.78 is 0. The molecule has 1 amide bonds. The predicted molar refractivity (Wildman–Crippen MR) is 125 cm³/mol. The van der Waals surface area contributed by atoms with Gasteiger partial charge in [0.15, 0.2) is 0 Å². The third kappa shape index (κ3) is 3.92. The number of anilines is 4. The molecular formula is C25H23N5O. The van der Waals surface area contributed by atoms with Crippen molar-refractivity contribution in [1.82, 2.24) is 9.97 Å². The zero-order chi connectivity index (χ0) is 21.2. The second-order valence-electron chi connectivity index (χ2n) is 7.84. The van der Waals surface area contributed by atoms with Crippen LogP contribution in [0.5, 0.6) is 0 Å². The van der Waals surface area contributed by atoms with E-state index in [1.165, 1.54) is 11.9 Å². The SMILES string of the molecule is CC1CCNc2cc(NC(=O)c3ccccc3Nc3ccc4ncncc4c3)ccc21. The Hall–Kier alpha value is -3.93. The van der Waals surface area contributed by atoms with Crippen LogP contribution < -0.4 is 16.0 Å². The van der Waals surface area contributed by atoms with Crippen molar-refractivity contribution in [2.75, 3.05) is 22.5 Å². The number of carbonyl (C=O) groups excluding carboxylic acids is 1. The van der Waals surface area contributed by atoms with Crippen LogP contribution in [0.1, 0.15) is 35.2 Å². The third-order valence-electron chi connectivity index (χ3n) is 5.69. The Kier molecular flexibility index (Phi) is 4.96. The van der Waals surface area contributed by atoms with Crippen LogP contribution in [0.2, 0.25) is 0 Å². The molecular weight excluding hydrogens is 386 g/mol. The van der Waals surface area contributed by atoms with Crippen LogP contribution in [0.15, 0.2) is 73.2 Å². The molecule has 4 aromatic rings. The van der Waals surface area contributed by atoms with Crippen LogP contribution >= 0.6 is 0 Å². The van der Waals surface area contributed by atoms with Gasteiger partial charge in [0.2, 0.25) is 0 Å². The molecule has 2 heterocycles. The fourth-order valence-electron chi connectivity index (χ4n) is 4.00. The van der Waals surface area contributed by atoms with Gasteiger partial charge in [0.1, 0.15) is 6.33 Å². The van der Waals surface area contributed by atoms with Crippen molar-refractivity contribution in [3.05, 3.63) is 84.3 Å². The first-order valence-corrected chi connectivity index (χ1v) is 10.4. The van der Waals surface area contributed by atoms with Gasteiger partial charge < -0.3 is 16.0 Å². The maximum atomic E-state index is 13.1. The molecule has 0 spiro atoms. The molecule has 1 atom stereocenters. The van der Waals surface area contributed by atoms with E-state index in [4.69, 9.17) is 0 Å². The Balaban J connectivity index is 1.39. The number of nitrogens with one attached hydrogen (secondary N) is 3. The molecule has 0 saturated heterocycles. The van der Waals surface area contributed by atoms with E-state index >= 15 is 0 Å². The molecule has 0 aliphatic carbocycles. The highest BCUT2D eigenvalue weighted by molar-refractivity contribution is 6.08. The van der Waals surface area contributed by atoms with Gasteiger partial charge in [-0.3, -0.25) is 4.79 Å². The van der Waals surface area contributed by atoms with Crippen LogP contribution in [0.25, 0.3) is 10.9 Å². The van der Waals surface area contributed by atoms with Crippen molar-refractivity contribution in [3.8, 4) is 0 Å². The van der Waals surface area contributed by atoms with Crippen molar-refractivity contribution in [3.63, 3.8) is 0 Å². The number of carbonyl (C=O) groups is 1. The molecule has 1 aliphatic heterocycles. The smallest absolute Gasteiger partial charge is 0.257 e. The van der Waals surface area contributed by atoms with Gasteiger partial charge in [-0.25, -0.2) is 9.97 Å². The Morgan fingerprint density at radius 1 is 1.06 bits per heavy atom. The maximum absolute atomic E-state index is 13.1. The highest BCUT2D eigenvalue weighted by Crippen LogP contribution is 2.33. The molecule has 6 heteroatoms. The van der Waals surface area contributed by atoms with Crippen LogP contribution in [0.3, 0.4) is 0 Å². The molecule has 5 rings (SSSR count). The molecule has 1 aromatic heterocycles. The lowest BCUT2D eigenvalue weighted by Crippen LogP contribution is -2.17. The van der Waals surface area contributed by atoms with Crippen molar-refractivity contribution in [1.29, 1.82) is 0 Å². The van der Waals surface area contributed by atoms with Crippen molar-refractivity contribution in [2.45, 2.75) is 19.3 Å². The van der Waals surface area contributed by atoms with Crippen LogP contribution in [0.4, 0.5) is 22.7 Å². The lowest BCUT2D eigenvalue weighted by molar-refractivity contribution is 0.102. The molecule has 1 unspecified atom stereocenters. The second-order valence-corrected chi connectivity index (χ2v) is 7.84. The molecule has 0 radical (unpaired) electrons. The first-order chi connectivity index (χ1) is 15.2. The molecule has 3 N–H and O–H groups in total. The highest BCUT2D eigenvalue weighted by Gasteiger charge is 2.17. The summed E-state index contributed by atoms with van der Waals surface area (Å²) in [6.07, 6.45) is 4.43. The summed E-state index contributed by atoms with van der Waals surface area (Å²) in [5, 5.41) is 10.8. The first-order valence-electron chi connectivity index (χ1n) is 10.4. The molecule has 6 nitrogen and oxygen atoms in total. The van der Waals surface area contributed by atoms with Crippen molar-refractivity contribution in [2.24, 2.45) is 0 Å². The number of amides is 1. The van der Waals surface area contributed by atoms with Crippen molar-refractivity contribution >= 4 is 39.6 Å². The Bertz CT molecular complexity index is 1270. The molecule has 0 saturated carbocycles. The van der Waals surface area contributed by atoms with Crippen molar-refractivity contribution < 1.29 is 4.79 Å². The lowest BCUT2D eigenvalue weighted by atomic mass is 9.92. The highest BCUT2D eigenvalue weighted by atomic mass is 16.1. The quantitative estimate of drug-likeness (QED) is 0.412. The summed E-state index contributed by atoms with van der Waals surface area (Å²) in [5.41, 5.74) is 6.24. The van der Waals surface area contributed by atoms with E-state index in [-0.39, 0.29) is 5.91 Å². The van der Waals surface area contributed by atoms with E-state index in [9.17, 15) is 4.79 Å². The first kappa shape index (κ1) is 19.1. The van der Waals surface area contributed by atoms with Gasteiger partial charge in [0.05, 0.1) is 16.8 Å². The number of nitrogens with zero attached hydrogens (tertiary/aromatic N) is 2. The zero-order valence-corrected chi connectivity index (χ0v) is 17.2. The van der Waals surface area contributed by atoms with Crippen LogP contribution in [-0.4, -0.2) is 22.4 Å². The molecule has 0 bridgehead atoms. The van der Waals surface area contributed by atoms with E-state index in [1.54, 1.807) is 6.20 Å². The van der Waals surface area contributed by atoms with Crippen LogP contribution in [0, 0.1) is 0 Å². The second kappa shape index (κ2) is 8.07. The van der Waals surface area contributed by atoms with E-state index in [0.717, 1.165) is 46.6 Å². The van der Waals surface area contributed by atoms with Gasteiger partial charge in [-0.2, -0.15) is 0 Å². The largest absolute Gasteiger partial charge is 0.385 e. The minimum absolute atomic E-state index is 0.156. The molecule has 1 aliphatic rings. The summed E-state index contributed by atoms with van der Waals surface area (Å²) in [6, 6.07) is 19.4. The summed E-state index contributed by atoms with van der Waals surface area (Å²) in [5.74, 6) is 0.370. The molecule has 154 valence electrons. The number of hydrogen-bond acceptors (Lipinski definition) is 5. The summed E-state index contributed by atoms with van der Waals surface area (Å²) in [6.45, 7) is 3.19. The summed E-state index contributed by atoms with van der Waals surface area (Å²) >= 11 is 0. The van der Waals surface area contributed by atoms with E-state index in [0.29, 0.717) is 11.5 Å². The predicted octanol–water partition coefficient (Wildman–Crippen LogP) is 5.54. The molecule has 31 heavy (non-hydrogen) atoms. The molecule has 0 fully saturated rings. The van der Waals surface area contributed by atoms with Gasteiger partial charge in [-0.15, -0.1) is 0 Å². The number of benzene rings is 3. The fourth-order valence-corrected chi connectivity index (χ4v) is 4.00. The summed E-state index contributed by atoms with van der Waals surface area (Å²) in [4.78, 5) is 21.4. The van der Waals surface area contributed by atoms with Gasteiger partial charge in [-0.05, 0) is 60.4 Å². The average Bonchev–Trinajstić information content (AvgIpc) is 2.79. The minimum atomic E-state index is -0.156. The average molecular weight is 409 g/mol. The number of aromatic nitrogens is 2. The normalized spacial score (nSPS) is 15.1. The fraction of sp³-hybridized carbons (Fsp3) is 0.160. The lowest BCUT2D eigenvalue weighted by Gasteiger charge is -2.24. The van der Waals surface area contributed by atoms with E-state index in [1.807, 2.05) is 54.6 Å². The minimum Gasteiger partial charge on any atom is -0.385 e. The number of para-hydroxylation sites is 1. The number of rotatable bonds is 4. The van der Waals surface area contributed by atoms with Gasteiger partial charge in [0.25, 0.3) is 5.91 Å². The number of fused-ring (bicyclic) bond motifs is 2. The van der Waals surface area contributed by atoms with Crippen LogP contribution in [-0.2, 0) is 0 Å². The topological polar surface area (TPSA) is 78.9 Å². The Labute approximate surface area is 180 Å². The Morgan fingerprint density at radius 3 is 2.87 bits per heavy atom. The number of hydrogen-bond donors (Lipinski definition) is 3. The van der Waals surface area contributed by atoms with Gasteiger partial charge >= 0.3 is 0 Å². The Morgan fingerprint density at radius 2 is 1.94 bits per heavy atom. The standard InChI is InChI=1S/C25H23N5O/c1-16-10-11-27-24-13-19(6-8-20(16)24)30-25(31)21-4-2-3-5-23(21)29-18-7-9-22-17(12-18)14-26-15-28-22/h2-9,12-16,27,29H,10-11H2,1H3,(H,30,31). The van der Waals surface area contributed by atoms with E-state index in [2.05, 4.69) is 38.9 Å². The summed E-state index contributed by atoms with van der Waals surface area (Å²) in [7, 11) is 0. The third-order valence-corrected chi connectivity index (χ3v) is 5.69. The van der Waals surface area contributed by atoms with Gasteiger partial charge in [0, 0.05) is 35.2 Å². The maximum Gasteiger partial charge on any atom is 0.257 e. The molecule has 3 aromatic carbocycles. The zero-order valence-electron chi connectivity index (χ0n) is 17.2. The van der Waals surface area contributed by atoms with E-state index < -0.39 is 0 Å².